The number of pyridine rings is 1. The minimum absolute atomic E-state index is 0.419. The number of nitrogens with one attached hydrogen (secondary N) is 1. The van der Waals surface area contributed by atoms with E-state index >= 15 is 0 Å². The van der Waals surface area contributed by atoms with Crippen molar-refractivity contribution in [2.45, 2.75) is 51.0 Å². The maximum Gasteiger partial charge on any atom is 0.226 e. The predicted molar refractivity (Wildman–Crippen MR) is 108 cm³/mol. The number of aromatic nitrogens is 3. The Morgan fingerprint density at radius 2 is 1.96 bits per heavy atom. The summed E-state index contributed by atoms with van der Waals surface area (Å²) in [6, 6.07) is 4.34. The van der Waals surface area contributed by atoms with Crippen LogP contribution in [0.5, 0.6) is 5.88 Å². The lowest BCUT2D eigenvalue weighted by molar-refractivity contribution is 0.234. The van der Waals surface area contributed by atoms with Gasteiger partial charge in [0.05, 0.1) is 5.39 Å². The summed E-state index contributed by atoms with van der Waals surface area (Å²) in [5.41, 5.74) is 2.41. The molecule has 0 saturated carbocycles. The van der Waals surface area contributed by atoms with Gasteiger partial charge in [0, 0.05) is 28.9 Å². The molecule has 1 saturated heterocycles. The lowest BCUT2D eigenvalue weighted by atomic mass is 9.97. The predicted octanol–water partition coefficient (Wildman–Crippen LogP) is 4.15. The van der Waals surface area contributed by atoms with Crippen molar-refractivity contribution in [3.8, 4) is 17.3 Å². The molecule has 0 spiro atoms. The summed E-state index contributed by atoms with van der Waals surface area (Å²) < 4.78 is 6.32. The first kappa shape index (κ1) is 17.1. The quantitative estimate of drug-likeness (QED) is 0.737. The van der Waals surface area contributed by atoms with Gasteiger partial charge in [-0.1, -0.05) is 6.42 Å². The van der Waals surface area contributed by atoms with Crippen molar-refractivity contribution in [3.05, 3.63) is 35.0 Å². The van der Waals surface area contributed by atoms with Crippen molar-refractivity contribution in [3.63, 3.8) is 0 Å². The number of hydrogen-bond donors (Lipinski definition) is 1. The van der Waals surface area contributed by atoms with Crippen LogP contribution < -0.4 is 10.1 Å². The van der Waals surface area contributed by atoms with Crippen molar-refractivity contribution in [1.29, 1.82) is 0 Å². The van der Waals surface area contributed by atoms with Crippen LogP contribution in [0.2, 0.25) is 0 Å². The largest absolute Gasteiger partial charge is 0.475 e. The van der Waals surface area contributed by atoms with Crippen LogP contribution >= 0.6 is 11.3 Å². The third-order valence-electron chi connectivity index (χ3n) is 5.55. The SMILES string of the molecule is c1cc(-c2nc(OC[C@@H]3CCCCN3)c3c4c(sc3n2)CCCC4)ccn1. The first-order chi connectivity index (χ1) is 13.4. The molecule has 1 fully saturated rings. The number of fused-ring (bicyclic) bond motifs is 3. The second-order valence-electron chi connectivity index (χ2n) is 7.44. The van der Waals surface area contributed by atoms with Crippen LogP contribution in [-0.2, 0) is 12.8 Å². The first-order valence-electron chi connectivity index (χ1n) is 9.97. The van der Waals surface area contributed by atoms with Crippen LogP contribution in [0.3, 0.4) is 0 Å². The minimum atomic E-state index is 0.419. The number of rotatable bonds is 4. The molecule has 5 nitrogen and oxygen atoms in total. The molecule has 1 atom stereocenters. The van der Waals surface area contributed by atoms with Gasteiger partial charge in [0.25, 0.3) is 0 Å². The molecule has 0 radical (unpaired) electrons. The Balaban J connectivity index is 1.55. The molecular weight excluding hydrogens is 356 g/mol. The molecular formula is C21H24N4OS. The third-order valence-corrected chi connectivity index (χ3v) is 6.74. The van der Waals surface area contributed by atoms with Gasteiger partial charge in [0.1, 0.15) is 11.4 Å². The molecule has 0 amide bonds. The molecule has 0 bridgehead atoms. The third kappa shape index (κ3) is 3.44. The van der Waals surface area contributed by atoms with E-state index in [1.807, 2.05) is 23.5 Å². The number of aryl methyl sites for hydroxylation is 2. The molecule has 1 aliphatic heterocycles. The van der Waals surface area contributed by atoms with Gasteiger partial charge >= 0.3 is 0 Å². The Labute approximate surface area is 163 Å². The number of ether oxygens (including phenoxy) is 1. The molecule has 0 aromatic carbocycles. The molecule has 3 aromatic heterocycles. The lowest BCUT2D eigenvalue weighted by Gasteiger charge is -2.23. The summed E-state index contributed by atoms with van der Waals surface area (Å²) in [5.74, 6) is 1.49. The molecule has 3 aromatic rings. The number of nitrogens with zero attached hydrogens (tertiary/aromatic N) is 3. The van der Waals surface area contributed by atoms with E-state index in [4.69, 9.17) is 14.7 Å². The topological polar surface area (TPSA) is 59.9 Å². The fourth-order valence-electron chi connectivity index (χ4n) is 4.10. The summed E-state index contributed by atoms with van der Waals surface area (Å²) in [4.78, 5) is 16.4. The van der Waals surface area contributed by atoms with Gasteiger partial charge in [0.15, 0.2) is 5.82 Å². The van der Waals surface area contributed by atoms with Gasteiger partial charge in [-0.2, -0.15) is 4.98 Å². The van der Waals surface area contributed by atoms with Crippen LogP contribution in [-0.4, -0.2) is 34.1 Å². The molecule has 27 heavy (non-hydrogen) atoms. The second kappa shape index (κ2) is 7.52. The molecule has 4 heterocycles. The van der Waals surface area contributed by atoms with Crippen LogP contribution in [0.4, 0.5) is 0 Å². The van der Waals surface area contributed by atoms with Crippen molar-refractivity contribution in [1.82, 2.24) is 20.3 Å². The van der Waals surface area contributed by atoms with E-state index < -0.39 is 0 Å². The maximum atomic E-state index is 6.32. The number of piperidine rings is 1. The maximum absolute atomic E-state index is 6.32. The Bertz CT molecular complexity index is 934. The van der Waals surface area contributed by atoms with E-state index in [0.717, 1.165) is 46.9 Å². The summed E-state index contributed by atoms with van der Waals surface area (Å²) in [7, 11) is 0. The van der Waals surface area contributed by atoms with Crippen LogP contribution in [0.25, 0.3) is 21.6 Å². The summed E-state index contributed by atoms with van der Waals surface area (Å²) in [6.45, 7) is 1.76. The molecule has 6 heteroatoms. The zero-order valence-corrected chi connectivity index (χ0v) is 16.2. The van der Waals surface area contributed by atoms with Crippen molar-refractivity contribution < 1.29 is 4.74 Å². The lowest BCUT2D eigenvalue weighted by Crippen LogP contribution is -2.38. The van der Waals surface area contributed by atoms with E-state index in [9.17, 15) is 0 Å². The monoisotopic (exact) mass is 380 g/mol. The Hall–Kier alpha value is -2.05. The summed E-state index contributed by atoms with van der Waals surface area (Å²) >= 11 is 1.82. The van der Waals surface area contributed by atoms with Gasteiger partial charge in [-0.25, -0.2) is 4.98 Å². The summed E-state index contributed by atoms with van der Waals surface area (Å²) in [6.07, 6.45) is 12.1. The second-order valence-corrected chi connectivity index (χ2v) is 8.52. The molecule has 2 aliphatic rings. The fraction of sp³-hybridized carbons (Fsp3) is 0.476. The Kier molecular flexibility index (Phi) is 4.76. The van der Waals surface area contributed by atoms with Gasteiger partial charge in [-0.15, -0.1) is 11.3 Å². The van der Waals surface area contributed by atoms with Crippen LogP contribution in [0.15, 0.2) is 24.5 Å². The van der Waals surface area contributed by atoms with E-state index in [0.29, 0.717) is 12.6 Å². The normalized spacial score (nSPS) is 19.8. The van der Waals surface area contributed by atoms with Crippen molar-refractivity contribution in [2.24, 2.45) is 0 Å². The average Bonchev–Trinajstić information content (AvgIpc) is 3.12. The van der Waals surface area contributed by atoms with Gasteiger partial charge in [-0.3, -0.25) is 4.98 Å². The van der Waals surface area contributed by atoms with Crippen LogP contribution in [0, 0.1) is 0 Å². The highest BCUT2D eigenvalue weighted by Gasteiger charge is 2.23. The van der Waals surface area contributed by atoms with Crippen LogP contribution in [0.1, 0.15) is 42.5 Å². The Morgan fingerprint density at radius 3 is 2.81 bits per heavy atom. The summed E-state index contributed by atoms with van der Waals surface area (Å²) in [5, 5.41) is 4.72. The highest BCUT2D eigenvalue weighted by molar-refractivity contribution is 7.18. The van der Waals surface area contributed by atoms with E-state index in [1.54, 1.807) is 12.4 Å². The number of thiophene rings is 1. The van der Waals surface area contributed by atoms with Gasteiger partial charge in [-0.05, 0) is 62.8 Å². The minimum Gasteiger partial charge on any atom is -0.475 e. The molecule has 0 unspecified atom stereocenters. The molecule has 140 valence electrons. The molecule has 1 aliphatic carbocycles. The standard InChI is InChI=1S/C21H24N4OS/c1-2-7-17-16(6-1)18-20(26-13-15-5-3-4-10-23-15)24-19(25-21(18)27-17)14-8-11-22-12-9-14/h8-9,11-12,15,23H,1-7,10,13H2/t15-/m0/s1. The first-order valence-corrected chi connectivity index (χ1v) is 10.8. The van der Waals surface area contributed by atoms with Crippen molar-refractivity contribution in [2.75, 3.05) is 13.2 Å². The smallest absolute Gasteiger partial charge is 0.226 e. The van der Waals surface area contributed by atoms with Gasteiger partial charge < -0.3 is 10.1 Å². The zero-order chi connectivity index (χ0) is 18.1. The van der Waals surface area contributed by atoms with E-state index in [1.165, 1.54) is 42.5 Å². The van der Waals surface area contributed by atoms with Crippen molar-refractivity contribution >= 4 is 21.6 Å². The highest BCUT2D eigenvalue weighted by atomic mass is 32.1. The molecule has 1 N–H and O–H groups in total. The average molecular weight is 381 g/mol. The highest BCUT2D eigenvalue weighted by Crippen LogP contribution is 2.40. The molecule has 5 rings (SSSR count). The fourth-order valence-corrected chi connectivity index (χ4v) is 5.36. The Morgan fingerprint density at radius 1 is 1.07 bits per heavy atom. The van der Waals surface area contributed by atoms with E-state index in [-0.39, 0.29) is 0 Å². The number of hydrogen-bond acceptors (Lipinski definition) is 6. The van der Waals surface area contributed by atoms with E-state index in [2.05, 4.69) is 10.3 Å². The van der Waals surface area contributed by atoms with Gasteiger partial charge in [0.2, 0.25) is 5.88 Å². The zero-order valence-electron chi connectivity index (χ0n) is 15.4.